The van der Waals surface area contributed by atoms with Gasteiger partial charge in [0.1, 0.15) is 19.8 Å². The summed E-state index contributed by atoms with van der Waals surface area (Å²) >= 11 is 0. The van der Waals surface area contributed by atoms with Crippen LogP contribution >= 0.6 is 0 Å². The summed E-state index contributed by atoms with van der Waals surface area (Å²) in [5, 5.41) is 0. The Kier molecular flexibility index (Phi) is 1.66. The van der Waals surface area contributed by atoms with Crippen LogP contribution in [0.5, 0.6) is 0 Å². The Morgan fingerprint density at radius 1 is 1.62 bits per heavy atom. The Balaban J connectivity index is 2.42. The fourth-order valence-corrected chi connectivity index (χ4v) is 0.993. The van der Waals surface area contributed by atoms with Crippen molar-refractivity contribution in [2.45, 2.75) is 19.8 Å². The van der Waals surface area contributed by atoms with Gasteiger partial charge in [-0.3, -0.25) is 0 Å². The fraction of sp³-hybridized carbons (Fsp3) is 0.857. The van der Waals surface area contributed by atoms with Gasteiger partial charge in [-0.15, -0.1) is 0 Å². The Morgan fingerprint density at radius 2 is 2.38 bits per heavy atom. The lowest BCUT2D eigenvalue weighted by Crippen LogP contribution is -2.18. The largest absolute Gasteiger partial charge is 0.242 e. The van der Waals surface area contributed by atoms with Crippen LogP contribution in [0.15, 0.2) is 0 Å². The van der Waals surface area contributed by atoms with Crippen LogP contribution in [-0.4, -0.2) is 24.4 Å². The number of hydrogen-bond acceptors (Lipinski definition) is 0. The minimum absolute atomic E-state index is 0.922. The van der Waals surface area contributed by atoms with Gasteiger partial charge < -0.3 is 0 Å². The lowest BCUT2D eigenvalue weighted by molar-refractivity contribution is -0.499. The molecule has 0 radical (unpaired) electrons. The van der Waals surface area contributed by atoms with E-state index in [9.17, 15) is 0 Å². The van der Waals surface area contributed by atoms with Crippen molar-refractivity contribution in [3.63, 3.8) is 0 Å². The SMILES string of the molecule is CC1CC=[N+](C)CC1. The highest BCUT2D eigenvalue weighted by Crippen LogP contribution is 2.08. The average Bonchev–Trinajstić information content (AvgIpc) is 1.77. The first-order valence-electron chi connectivity index (χ1n) is 3.32. The maximum absolute atomic E-state index is 2.31. The van der Waals surface area contributed by atoms with Gasteiger partial charge in [0, 0.05) is 12.8 Å². The zero-order chi connectivity index (χ0) is 5.98. The third-order valence-electron chi connectivity index (χ3n) is 1.79. The summed E-state index contributed by atoms with van der Waals surface area (Å²) in [6, 6.07) is 0. The predicted molar refractivity (Wildman–Crippen MR) is 35.5 cm³/mol. The second-order valence-corrected chi connectivity index (χ2v) is 2.79. The molecule has 0 aromatic heterocycles. The molecular weight excluding hydrogens is 98.1 g/mol. The van der Waals surface area contributed by atoms with Gasteiger partial charge in [0.2, 0.25) is 0 Å². The van der Waals surface area contributed by atoms with Gasteiger partial charge in [-0.2, -0.15) is 0 Å². The van der Waals surface area contributed by atoms with E-state index in [0.29, 0.717) is 0 Å². The molecule has 1 aliphatic rings. The molecule has 1 aliphatic heterocycles. The molecule has 1 atom stereocenters. The highest BCUT2D eigenvalue weighted by molar-refractivity contribution is 5.51. The molecule has 1 heteroatoms. The van der Waals surface area contributed by atoms with Crippen molar-refractivity contribution in [3.05, 3.63) is 0 Å². The lowest BCUT2D eigenvalue weighted by Gasteiger charge is -2.10. The van der Waals surface area contributed by atoms with Gasteiger partial charge in [0.05, 0.1) is 0 Å². The molecule has 8 heavy (non-hydrogen) atoms. The van der Waals surface area contributed by atoms with Crippen LogP contribution in [0.3, 0.4) is 0 Å². The molecule has 0 fully saturated rings. The monoisotopic (exact) mass is 112 g/mol. The highest BCUT2D eigenvalue weighted by Gasteiger charge is 2.10. The Hall–Kier alpha value is -0.330. The molecule has 1 nitrogen and oxygen atoms in total. The van der Waals surface area contributed by atoms with Gasteiger partial charge >= 0.3 is 0 Å². The maximum atomic E-state index is 2.31. The fourth-order valence-electron chi connectivity index (χ4n) is 0.993. The quantitative estimate of drug-likeness (QED) is 0.413. The van der Waals surface area contributed by atoms with E-state index in [1.165, 1.54) is 19.4 Å². The third kappa shape index (κ3) is 1.32. The smallest absolute Gasteiger partial charge is 0.142 e. The van der Waals surface area contributed by atoms with Crippen molar-refractivity contribution in [1.82, 2.24) is 0 Å². The van der Waals surface area contributed by atoms with Crippen LogP contribution in [0.1, 0.15) is 19.8 Å². The third-order valence-corrected chi connectivity index (χ3v) is 1.79. The van der Waals surface area contributed by atoms with E-state index in [1.54, 1.807) is 0 Å². The minimum Gasteiger partial charge on any atom is -0.242 e. The maximum Gasteiger partial charge on any atom is 0.142 e. The van der Waals surface area contributed by atoms with Crippen molar-refractivity contribution in [2.75, 3.05) is 13.6 Å². The molecule has 0 aromatic carbocycles. The Labute approximate surface area is 51.0 Å². The summed E-state index contributed by atoms with van der Waals surface area (Å²) in [6.45, 7) is 3.56. The molecule has 1 heterocycles. The van der Waals surface area contributed by atoms with Crippen LogP contribution in [0, 0.1) is 5.92 Å². The highest BCUT2D eigenvalue weighted by atomic mass is 15.0. The van der Waals surface area contributed by atoms with Gasteiger partial charge in [0.25, 0.3) is 0 Å². The Morgan fingerprint density at radius 3 is 2.75 bits per heavy atom. The number of rotatable bonds is 0. The number of hydrogen-bond donors (Lipinski definition) is 0. The van der Waals surface area contributed by atoms with Gasteiger partial charge in [-0.25, -0.2) is 4.58 Å². The summed E-state index contributed by atoms with van der Waals surface area (Å²) in [7, 11) is 2.14. The molecule has 0 amide bonds. The van der Waals surface area contributed by atoms with E-state index < -0.39 is 0 Å². The van der Waals surface area contributed by atoms with Crippen LogP contribution in [0.2, 0.25) is 0 Å². The first-order chi connectivity index (χ1) is 3.79. The van der Waals surface area contributed by atoms with Crippen molar-refractivity contribution < 1.29 is 4.58 Å². The first-order valence-corrected chi connectivity index (χ1v) is 3.32. The average molecular weight is 112 g/mol. The van der Waals surface area contributed by atoms with E-state index >= 15 is 0 Å². The summed E-state index contributed by atoms with van der Waals surface area (Å²) in [5.74, 6) is 0.922. The summed E-state index contributed by atoms with van der Waals surface area (Å²) < 4.78 is 2.28. The molecule has 1 unspecified atom stereocenters. The van der Waals surface area contributed by atoms with Crippen LogP contribution in [-0.2, 0) is 0 Å². The zero-order valence-corrected chi connectivity index (χ0v) is 5.72. The number of nitrogens with zero attached hydrogens (tertiary/aromatic N) is 1. The standard InChI is InChI=1S/C7H14N/c1-7-3-5-8(2)6-4-7/h5,7H,3-4,6H2,1-2H3/q+1. The summed E-state index contributed by atoms with van der Waals surface area (Å²) in [4.78, 5) is 0. The predicted octanol–water partition coefficient (Wildman–Crippen LogP) is 1.13. The van der Waals surface area contributed by atoms with Crippen molar-refractivity contribution >= 4 is 6.21 Å². The molecule has 0 N–H and O–H groups in total. The molecular formula is C7H14N+. The lowest BCUT2D eigenvalue weighted by atomic mass is 10.0. The van der Waals surface area contributed by atoms with E-state index in [4.69, 9.17) is 0 Å². The first kappa shape index (κ1) is 5.80. The molecule has 1 rings (SSSR count). The normalized spacial score (nSPS) is 29.8. The van der Waals surface area contributed by atoms with Crippen molar-refractivity contribution in [2.24, 2.45) is 5.92 Å². The molecule has 0 aliphatic carbocycles. The van der Waals surface area contributed by atoms with Gasteiger partial charge in [0.15, 0.2) is 0 Å². The van der Waals surface area contributed by atoms with E-state index in [2.05, 4.69) is 24.8 Å². The van der Waals surface area contributed by atoms with Gasteiger partial charge in [-0.1, -0.05) is 6.92 Å². The second kappa shape index (κ2) is 2.29. The minimum atomic E-state index is 0.922. The molecule has 0 bridgehead atoms. The molecule has 0 saturated carbocycles. The van der Waals surface area contributed by atoms with Crippen molar-refractivity contribution in [3.8, 4) is 0 Å². The molecule has 46 valence electrons. The topological polar surface area (TPSA) is 3.01 Å². The summed E-state index contributed by atoms with van der Waals surface area (Å²) in [6.07, 6.45) is 4.93. The Bertz CT molecular complexity index is 105. The van der Waals surface area contributed by atoms with Crippen LogP contribution in [0.4, 0.5) is 0 Å². The zero-order valence-electron chi connectivity index (χ0n) is 5.72. The summed E-state index contributed by atoms with van der Waals surface area (Å²) in [5.41, 5.74) is 0. The second-order valence-electron chi connectivity index (χ2n) is 2.79. The van der Waals surface area contributed by atoms with E-state index in [0.717, 1.165) is 5.92 Å². The van der Waals surface area contributed by atoms with E-state index in [-0.39, 0.29) is 0 Å². The molecule has 0 saturated heterocycles. The molecule has 0 spiro atoms. The van der Waals surface area contributed by atoms with Crippen LogP contribution < -0.4 is 0 Å². The van der Waals surface area contributed by atoms with E-state index in [1.807, 2.05) is 0 Å². The molecule has 0 aromatic rings. The van der Waals surface area contributed by atoms with Gasteiger partial charge in [-0.05, 0) is 5.92 Å². The van der Waals surface area contributed by atoms with Crippen molar-refractivity contribution in [1.29, 1.82) is 0 Å². The van der Waals surface area contributed by atoms with Crippen LogP contribution in [0.25, 0.3) is 0 Å².